The van der Waals surface area contributed by atoms with Crippen LogP contribution in [0.5, 0.6) is 11.8 Å². The number of anilines is 2. The van der Waals surface area contributed by atoms with Gasteiger partial charge < -0.3 is 63.0 Å². The quantitative estimate of drug-likeness (QED) is 0.0386. The predicted molar refractivity (Wildman–Crippen MR) is 332 cm³/mol. The smallest absolute Gasteiger partial charge is 0.318 e. The lowest BCUT2D eigenvalue weighted by atomic mass is 9.91. The van der Waals surface area contributed by atoms with Crippen molar-refractivity contribution in [2.75, 3.05) is 116 Å². The normalized spacial score (nSPS) is 19.9. The number of piperazine rings is 1. The lowest BCUT2D eigenvalue weighted by molar-refractivity contribution is -0.141. The number of carbonyl (C=O) groups is 3. The summed E-state index contributed by atoms with van der Waals surface area (Å²) in [5.41, 5.74) is 8.17. The molecule has 0 bridgehead atoms. The largest absolute Gasteiger partial charge is 0.491 e. The number of thiazole rings is 1. The van der Waals surface area contributed by atoms with Crippen LogP contribution in [-0.2, 0) is 52.8 Å². The highest BCUT2D eigenvalue weighted by molar-refractivity contribution is 7.13. The Bertz CT molecular complexity index is 3400. The molecule has 3 amide bonds. The molecule has 4 aliphatic rings. The summed E-state index contributed by atoms with van der Waals surface area (Å²) in [5.74, 6) is 0.205. The molecule has 22 nitrogen and oxygen atoms in total. The molecule has 2 N–H and O–H groups in total. The number of hydrogen-bond donors (Lipinski definition) is 2. The molecule has 468 valence electrons. The summed E-state index contributed by atoms with van der Waals surface area (Å²) in [6, 6.07) is 23.9. The average Bonchev–Trinajstić information content (AvgIpc) is 1.90. The fourth-order valence-corrected chi connectivity index (χ4v) is 13.1. The van der Waals surface area contributed by atoms with Gasteiger partial charge in [-0.2, -0.15) is 15.2 Å². The summed E-state index contributed by atoms with van der Waals surface area (Å²) in [6.07, 6.45) is 2.30. The van der Waals surface area contributed by atoms with E-state index < -0.39 is 18.1 Å². The number of amides is 3. The fraction of sp³-hybridized carbons (Fsp3) is 0.508. The second-order valence-electron chi connectivity index (χ2n) is 23.2. The fourth-order valence-electron chi connectivity index (χ4n) is 12.3. The molecule has 3 aromatic carbocycles. The van der Waals surface area contributed by atoms with Crippen molar-refractivity contribution in [3.05, 3.63) is 119 Å². The summed E-state index contributed by atoms with van der Waals surface area (Å²) in [7, 11) is 2.07. The lowest BCUT2D eigenvalue weighted by Crippen LogP contribution is -2.55. The third-order valence-corrected chi connectivity index (χ3v) is 17.8. The van der Waals surface area contributed by atoms with Gasteiger partial charge in [-0.15, -0.1) is 11.3 Å². The number of rotatable bonds is 28. The summed E-state index contributed by atoms with van der Waals surface area (Å²) >= 11 is 1.53. The van der Waals surface area contributed by atoms with Crippen molar-refractivity contribution >= 4 is 51.3 Å². The van der Waals surface area contributed by atoms with Crippen molar-refractivity contribution in [2.24, 2.45) is 5.92 Å². The number of carbonyl (C=O) groups excluding carboxylic acids is 3. The molecule has 10 rings (SSSR count). The molecule has 23 heteroatoms. The third kappa shape index (κ3) is 15.5. The highest BCUT2D eigenvalue weighted by Crippen LogP contribution is 2.37. The number of nitrogens with one attached hydrogen (secondary N) is 1. The first-order valence-electron chi connectivity index (χ1n) is 30.5. The van der Waals surface area contributed by atoms with Crippen LogP contribution < -0.4 is 24.6 Å². The topological polar surface area (TPSA) is 244 Å². The number of β-amino-alcohol motifs (C(OH)–C–C–N with tert-alkyl or cyclic N) is 1. The molecule has 7 heterocycles. The minimum Gasteiger partial charge on any atom is -0.491 e. The number of aliphatic hydroxyl groups is 1. The molecule has 0 radical (unpaired) electrons. The molecular formula is C65H81N11O11S. The van der Waals surface area contributed by atoms with Gasteiger partial charge in [0, 0.05) is 86.5 Å². The SMILES string of the molecule is C=CC(=O)N1CCN(c2nc(OC[C@@H]3C[C@@H](OCCOCCOCCOCCOc4cc(-c5scnc5C)ccc4CNC(=O)[C@@H]4C[C@@H](O)CN4C(=O)C(c4cc(C)no4)C(C)C)CN3C)nc3c2CCN(c2cccc4ccccc24)C3)C[C@@H]1CC#N. The molecule has 0 saturated carbocycles. The van der Waals surface area contributed by atoms with E-state index in [1.165, 1.54) is 33.1 Å². The Kier molecular flexibility index (Phi) is 21.7. The van der Waals surface area contributed by atoms with Crippen molar-refractivity contribution in [2.45, 2.75) is 103 Å². The Labute approximate surface area is 518 Å². The summed E-state index contributed by atoms with van der Waals surface area (Å²) in [6.45, 7) is 18.4. The van der Waals surface area contributed by atoms with Gasteiger partial charge in [-0.1, -0.05) is 74.1 Å². The van der Waals surface area contributed by atoms with E-state index in [4.69, 9.17) is 42.9 Å². The molecule has 3 saturated heterocycles. The molecule has 4 aliphatic heterocycles. The zero-order valence-corrected chi connectivity index (χ0v) is 51.8. The molecule has 6 aromatic rings. The third-order valence-electron chi connectivity index (χ3n) is 16.8. The van der Waals surface area contributed by atoms with Gasteiger partial charge in [-0.05, 0) is 68.8 Å². The standard InChI is InChI=1S/C65H81N11O11S/c1-7-59(78)75-22-21-74(36-48(75)17-19-66)62-53-18-20-73(55-14-10-12-45-11-8-9-13-52(45)55)39-54(53)69-65(70-62)86-40-49-33-51(38-72(49)6)84-29-27-82-25-23-81-24-26-83-28-30-85-57-32-46(61-44(5)68-41-88-61)15-16-47(57)35-67-63(79)56-34-50(77)37-76(56)64(80)60(42(2)3)58-31-43(4)71-87-58/h7-16,31-32,41-42,48-51,56,60,77H,1,17-18,20-30,33-40H2,2-6H3,(H,67,79)/t48-,49-,50+,51+,56-,60?/m0/s1. The van der Waals surface area contributed by atoms with Crippen molar-refractivity contribution in [1.82, 2.24) is 40.1 Å². The second kappa shape index (κ2) is 30.1. The second-order valence-corrected chi connectivity index (χ2v) is 24.1. The van der Waals surface area contributed by atoms with Crippen LogP contribution in [0.4, 0.5) is 11.5 Å². The molecule has 6 atom stereocenters. The lowest BCUT2D eigenvalue weighted by Gasteiger charge is -2.42. The summed E-state index contributed by atoms with van der Waals surface area (Å²) in [4.78, 5) is 66.2. The van der Waals surface area contributed by atoms with Crippen LogP contribution in [0, 0.1) is 31.1 Å². The molecule has 88 heavy (non-hydrogen) atoms. The number of likely N-dealkylation sites (N-methyl/N-ethyl adjacent to an activating group) is 1. The van der Waals surface area contributed by atoms with Crippen LogP contribution in [0.1, 0.15) is 73.0 Å². The number of nitriles is 1. The van der Waals surface area contributed by atoms with E-state index in [2.05, 4.69) is 92.3 Å². The molecule has 3 aromatic heterocycles. The minimum atomic E-state index is -0.860. The molecular weight excluding hydrogens is 1140 g/mol. The summed E-state index contributed by atoms with van der Waals surface area (Å²) in [5, 5.41) is 29.8. The highest BCUT2D eigenvalue weighted by Gasteiger charge is 2.43. The van der Waals surface area contributed by atoms with Gasteiger partial charge in [0.05, 0.1) is 111 Å². The summed E-state index contributed by atoms with van der Waals surface area (Å²) < 4.78 is 42.0. The number of fused-ring (bicyclic) bond motifs is 2. The van der Waals surface area contributed by atoms with E-state index in [1.54, 1.807) is 23.4 Å². The van der Waals surface area contributed by atoms with Gasteiger partial charge in [0.2, 0.25) is 17.7 Å². The van der Waals surface area contributed by atoms with Gasteiger partial charge in [0.1, 0.15) is 42.5 Å². The van der Waals surface area contributed by atoms with E-state index in [-0.39, 0.29) is 74.4 Å². The van der Waals surface area contributed by atoms with Crippen molar-refractivity contribution in [3.63, 3.8) is 0 Å². The van der Waals surface area contributed by atoms with E-state index in [1.807, 2.05) is 39.0 Å². The van der Waals surface area contributed by atoms with Crippen LogP contribution in [-0.4, -0.2) is 194 Å². The molecule has 1 unspecified atom stereocenters. The van der Waals surface area contributed by atoms with Gasteiger partial charge in [-0.25, -0.2) is 4.98 Å². The highest BCUT2D eigenvalue weighted by atomic mass is 32.1. The maximum atomic E-state index is 14.0. The Morgan fingerprint density at radius 3 is 2.39 bits per heavy atom. The number of hydrogen-bond acceptors (Lipinski definition) is 20. The van der Waals surface area contributed by atoms with Gasteiger partial charge in [0.15, 0.2) is 0 Å². The number of benzene rings is 3. The predicted octanol–water partition coefficient (Wildman–Crippen LogP) is 6.65. The number of aryl methyl sites for hydroxylation is 2. The monoisotopic (exact) mass is 1220 g/mol. The van der Waals surface area contributed by atoms with Crippen molar-refractivity contribution < 1.29 is 52.4 Å². The maximum absolute atomic E-state index is 14.0. The van der Waals surface area contributed by atoms with Gasteiger partial charge in [-0.3, -0.25) is 19.3 Å². The Balaban J connectivity index is 0.643. The first-order valence-corrected chi connectivity index (χ1v) is 31.4. The van der Waals surface area contributed by atoms with Crippen LogP contribution in [0.2, 0.25) is 0 Å². The zero-order valence-electron chi connectivity index (χ0n) is 51.0. The van der Waals surface area contributed by atoms with E-state index >= 15 is 0 Å². The van der Waals surface area contributed by atoms with Gasteiger partial charge >= 0.3 is 6.01 Å². The van der Waals surface area contributed by atoms with Crippen LogP contribution in [0.3, 0.4) is 0 Å². The van der Waals surface area contributed by atoms with E-state index in [0.29, 0.717) is 102 Å². The minimum absolute atomic E-state index is 0.00116. The molecule has 3 fully saturated rings. The maximum Gasteiger partial charge on any atom is 0.318 e. The number of nitrogens with zero attached hydrogens (tertiary/aromatic N) is 10. The molecule has 0 aliphatic carbocycles. The Morgan fingerprint density at radius 1 is 0.875 bits per heavy atom. The van der Waals surface area contributed by atoms with E-state index in [9.17, 15) is 24.8 Å². The van der Waals surface area contributed by atoms with E-state index in [0.717, 1.165) is 70.4 Å². The van der Waals surface area contributed by atoms with Crippen molar-refractivity contribution in [3.8, 4) is 28.3 Å². The number of likely N-dealkylation sites (tertiary alicyclic amines) is 2. The first kappa shape index (κ1) is 63.5. The van der Waals surface area contributed by atoms with Crippen LogP contribution >= 0.6 is 11.3 Å². The number of aromatic nitrogens is 4. The number of ether oxygens (including phenoxy) is 6. The van der Waals surface area contributed by atoms with Crippen LogP contribution in [0.25, 0.3) is 21.2 Å². The Morgan fingerprint density at radius 2 is 1.65 bits per heavy atom. The zero-order chi connectivity index (χ0) is 61.7. The van der Waals surface area contributed by atoms with Crippen LogP contribution in [0.15, 0.2) is 89.4 Å². The molecule has 0 spiro atoms. The van der Waals surface area contributed by atoms with Gasteiger partial charge in [0.25, 0.3) is 0 Å². The first-order chi connectivity index (χ1) is 42.8. The van der Waals surface area contributed by atoms with Crippen molar-refractivity contribution in [1.29, 1.82) is 5.26 Å². The Hall–Kier alpha value is -7.56. The average molecular weight is 1220 g/mol. The number of aliphatic hydroxyl groups excluding tert-OH is 1.